The van der Waals surface area contributed by atoms with E-state index in [1.54, 1.807) is 7.11 Å². The van der Waals surface area contributed by atoms with Crippen LogP contribution in [0.2, 0.25) is 0 Å². The molecule has 2 rings (SSSR count). The molecule has 110 valence electrons. The molecule has 0 radical (unpaired) electrons. The van der Waals surface area contributed by atoms with Gasteiger partial charge in [-0.1, -0.05) is 0 Å². The fourth-order valence-electron chi connectivity index (χ4n) is 2.79. The lowest BCUT2D eigenvalue weighted by molar-refractivity contribution is 0.0102. The molecule has 0 bridgehead atoms. The van der Waals surface area contributed by atoms with Crippen LogP contribution in [0.1, 0.15) is 28.2 Å². The van der Waals surface area contributed by atoms with Crippen molar-refractivity contribution in [3.8, 4) is 0 Å². The summed E-state index contributed by atoms with van der Waals surface area (Å²) in [6.45, 7) is 7.25. The van der Waals surface area contributed by atoms with Crippen LogP contribution in [0.4, 0.5) is 0 Å². The molecule has 1 aliphatic rings. The smallest absolute Gasteiger partial charge is 0.0599 e. The molecule has 2 N–H and O–H groups in total. The Hall–Kier alpha value is -0.130. The number of nitrogens with zero attached hydrogens (tertiary/aromatic N) is 1. The highest BCUT2D eigenvalue weighted by atomic mass is 35.5. The van der Waals surface area contributed by atoms with Gasteiger partial charge in [-0.05, 0) is 38.3 Å². The van der Waals surface area contributed by atoms with Gasteiger partial charge in [0.2, 0.25) is 0 Å². The average Bonchev–Trinajstić information content (AvgIpc) is 2.68. The second kappa shape index (κ2) is 7.60. The number of thiophene rings is 1. The molecule has 0 amide bonds. The van der Waals surface area contributed by atoms with E-state index in [4.69, 9.17) is 10.5 Å². The van der Waals surface area contributed by atoms with Crippen LogP contribution in [0.25, 0.3) is 0 Å². The number of hydrogen-bond acceptors (Lipinski definition) is 4. The number of ether oxygens (including phenoxy) is 1. The van der Waals surface area contributed by atoms with E-state index in [2.05, 4.69) is 24.8 Å². The Morgan fingerprint density at radius 2 is 2.21 bits per heavy atom. The van der Waals surface area contributed by atoms with E-state index in [-0.39, 0.29) is 12.4 Å². The molecule has 0 spiro atoms. The molecule has 0 saturated carbocycles. The van der Waals surface area contributed by atoms with Crippen molar-refractivity contribution in [1.82, 2.24) is 4.90 Å². The van der Waals surface area contributed by atoms with Crippen LogP contribution in [0.5, 0.6) is 0 Å². The number of halogens is 1. The number of likely N-dealkylation sites (tertiary alicyclic amines) is 1. The molecule has 1 saturated heterocycles. The quantitative estimate of drug-likeness (QED) is 0.929. The SMILES string of the molecule is COC1CCN(Cc2cc(C)sc2C)C(CN)C1.Cl. The summed E-state index contributed by atoms with van der Waals surface area (Å²) in [7, 11) is 1.81. The second-order valence-corrected chi connectivity index (χ2v) is 6.64. The summed E-state index contributed by atoms with van der Waals surface area (Å²) >= 11 is 1.89. The molecule has 1 aromatic rings. The maximum Gasteiger partial charge on any atom is 0.0599 e. The summed E-state index contributed by atoms with van der Waals surface area (Å²) in [5.74, 6) is 0. The van der Waals surface area contributed by atoms with Crippen molar-refractivity contribution >= 4 is 23.7 Å². The fourth-order valence-corrected chi connectivity index (χ4v) is 3.73. The fraction of sp³-hybridized carbons (Fsp3) is 0.714. The third-order valence-corrected chi connectivity index (χ3v) is 4.92. The summed E-state index contributed by atoms with van der Waals surface area (Å²) < 4.78 is 5.47. The molecule has 3 nitrogen and oxygen atoms in total. The molecule has 1 aliphatic heterocycles. The van der Waals surface area contributed by atoms with Gasteiger partial charge in [-0.3, -0.25) is 4.90 Å². The molecule has 19 heavy (non-hydrogen) atoms. The van der Waals surface area contributed by atoms with Crippen molar-refractivity contribution in [2.45, 2.75) is 45.4 Å². The molecule has 1 aromatic heterocycles. The minimum atomic E-state index is 0. The van der Waals surface area contributed by atoms with Gasteiger partial charge in [-0.25, -0.2) is 0 Å². The normalized spacial score (nSPS) is 24.2. The topological polar surface area (TPSA) is 38.5 Å². The maximum absolute atomic E-state index is 5.91. The van der Waals surface area contributed by atoms with Gasteiger partial charge in [0.25, 0.3) is 0 Å². The van der Waals surface area contributed by atoms with Crippen molar-refractivity contribution in [1.29, 1.82) is 0 Å². The third-order valence-electron chi connectivity index (χ3n) is 3.91. The lowest BCUT2D eigenvalue weighted by Gasteiger charge is -2.38. The van der Waals surface area contributed by atoms with Crippen LogP contribution in [0.3, 0.4) is 0 Å². The summed E-state index contributed by atoms with van der Waals surface area (Å²) in [5.41, 5.74) is 7.38. The largest absolute Gasteiger partial charge is 0.381 e. The molecule has 5 heteroatoms. The van der Waals surface area contributed by atoms with E-state index >= 15 is 0 Å². The zero-order valence-electron chi connectivity index (χ0n) is 12.0. The number of methoxy groups -OCH3 is 1. The molecule has 0 aromatic carbocycles. The summed E-state index contributed by atoms with van der Waals surface area (Å²) in [6, 6.07) is 2.78. The van der Waals surface area contributed by atoms with Crippen LogP contribution in [-0.4, -0.2) is 37.2 Å². The predicted molar refractivity (Wildman–Crippen MR) is 84.3 cm³/mol. The van der Waals surface area contributed by atoms with E-state index in [9.17, 15) is 0 Å². The molecular weight excluding hydrogens is 280 g/mol. The molecule has 2 heterocycles. The van der Waals surface area contributed by atoms with Crippen LogP contribution in [-0.2, 0) is 11.3 Å². The maximum atomic E-state index is 5.91. The summed E-state index contributed by atoms with van der Waals surface area (Å²) in [5, 5.41) is 0. The Labute approximate surface area is 126 Å². The van der Waals surface area contributed by atoms with Crippen molar-refractivity contribution < 1.29 is 4.74 Å². The minimum Gasteiger partial charge on any atom is -0.381 e. The van der Waals surface area contributed by atoms with E-state index in [1.165, 1.54) is 15.3 Å². The Kier molecular flexibility index (Phi) is 6.77. The number of piperidine rings is 1. The van der Waals surface area contributed by atoms with Crippen LogP contribution >= 0.6 is 23.7 Å². The first-order valence-corrected chi connectivity index (χ1v) is 7.48. The molecule has 0 aliphatic carbocycles. The first-order chi connectivity index (χ1) is 8.63. The Morgan fingerprint density at radius 3 is 2.74 bits per heavy atom. The Bertz CT molecular complexity index is 397. The van der Waals surface area contributed by atoms with Crippen LogP contribution in [0, 0.1) is 13.8 Å². The van der Waals surface area contributed by atoms with Crippen molar-refractivity contribution in [3.05, 3.63) is 21.4 Å². The first-order valence-electron chi connectivity index (χ1n) is 6.66. The van der Waals surface area contributed by atoms with E-state index in [0.29, 0.717) is 12.1 Å². The number of hydrogen-bond donors (Lipinski definition) is 1. The minimum absolute atomic E-state index is 0. The highest BCUT2D eigenvalue weighted by Crippen LogP contribution is 2.26. The second-order valence-electron chi connectivity index (χ2n) is 5.18. The van der Waals surface area contributed by atoms with E-state index in [1.807, 2.05) is 11.3 Å². The van der Waals surface area contributed by atoms with Gasteiger partial charge in [0.15, 0.2) is 0 Å². The summed E-state index contributed by atoms with van der Waals surface area (Å²) in [4.78, 5) is 5.36. The van der Waals surface area contributed by atoms with Gasteiger partial charge in [0, 0.05) is 42.5 Å². The van der Waals surface area contributed by atoms with E-state index < -0.39 is 0 Å². The first kappa shape index (κ1) is 16.9. The van der Waals surface area contributed by atoms with Gasteiger partial charge < -0.3 is 10.5 Å². The zero-order chi connectivity index (χ0) is 13.1. The lowest BCUT2D eigenvalue weighted by Crippen LogP contribution is -2.47. The average molecular weight is 305 g/mol. The molecule has 2 atom stereocenters. The number of aryl methyl sites for hydroxylation is 2. The molecular formula is C14H25ClN2OS. The molecule has 1 fully saturated rings. The Morgan fingerprint density at radius 1 is 1.47 bits per heavy atom. The predicted octanol–water partition coefficient (Wildman–Crippen LogP) is 2.72. The molecule has 2 unspecified atom stereocenters. The summed E-state index contributed by atoms with van der Waals surface area (Å²) in [6.07, 6.45) is 2.57. The highest BCUT2D eigenvalue weighted by Gasteiger charge is 2.27. The van der Waals surface area contributed by atoms with Crippen molar-refractivity contribution in [3.63, 3.8) is 0 Å². The third kappa shape index (κ3) is 4.17. The van der Waals surface area contributed by atoms with Crippen LogP contribution < -0.4 is 5.73 Å². The number of nitrogens with two attached hydrogens (primary N) is 1. The monoisotopic (exact) mass is 304 g/mol. The van der Waals surface area contributed by atoms with Gasteiger partial charge in [0.1, 0.15) is 0 Å². The van der Waals surface area contributed by atoms with Crippen LogP contribution in [0.15, 0.2) is 6.07 Å². The Balaban J connectivity index is 0.00000180. The number of rotatable bonds is 4. The van der Waals surface area contributed by atoms with Gasteiger partial charge in [0.05, 0.1) is 6.10 Å². The standard InChI is InChI=1S/C14H24N2OS.ClH/c1-10-6-12(11(2)18-10)9-16-5-4-14(17-3)7-13(16)8-15;/h6,13-14H,4-5,7-9,15H2,1-3H3;1H. The van der Waals surface area contributed by atoms with Gasteiger partial charge in [-0.15, -0.1) is 23.7 Å². The van der Waals surface area contributed by atoms with Gasteiger partial charge in [-0.2, -0.15) is 0 Å². The highest BCUT2D eigenvalue weighted by molar-refractivity contribution is 7.12. The van der Waals surface area contributed by atoms with Gasteiger partial charge >= 0.3 is 0 Å². The lowest BCUT2D eigenvalue weighted by atomic mass is 9.98. The van der Waals surface area contributed by atoms with Crippen molar-refractivity contribution in [2.24, 2.45) is 5.73 Å². The van der Waals surface area contributed by atoms with Crippen molar-refractivity contribution in [2.75, 3.05) is 20.2 Å². The van der Waals surface area contributed by atoms with E-state index in [0.717, 1.165) is 32.5 Å². The zero-order valence-corrected chi connectivity index (χ0v) is 13.6.